The standard InChI is InChI=1S/C17H14N2O4/c1-10-5-3-7-12(18-22)16(10)14(20)9-15(21)17-11(2)6-4-8-13(17)19-23/h3-8H,9H2,1-2H3. The van der Waals surface area contributed by atoms with E-state index < -0.39 is 18.0 Å². The molecule has 0 fully saturated rings. The quantitative estimate of drug-likeness (QED) is 0.444. The molecule has 0 saturated carbocycles. The fourth-order valence-electron chi connectivity index (χ4n) is 2.50. The normalized spacial score (nSPS) is 10.2. The molecular formula is C17H14N2O4. The third-order valence-electron chi connectivity index (χ3n) is 3.58. The number of carbonyl (C=O) groups excluding carboxylic acids is 2. The first-order valence-corrected chi connectivity index (χ1v) is 6.92. The number of Topliss-reactive ketones (excluding diaryl/α,β-unsaturated/α-hetero) is 2. The van der Waals surface area contributed by atoms with Gasteiger partial charge in [0, 0.05) is 0 Å². The average Bonchev–Trinajstić information content (AvgIpc) is 2.53. The van der Waals surface area contributed by atoms with Crippen molar-refractivity contribution >= 4 is 22.9 Å². The zero-order valence-electron chi connectivity index (χ0n) is 12.7. The van der Waals surface area contributed by atoms with Crippen LogP contribution in [0.5, 0.6) is 0 Å². The maximum absolute atomic E-state index is 12.4. The molecular weight excluding hydrogens is 296 g/mol. The first-order valence-electron chi connectivity index (χ1n) is 6.92. The Hall–Kier alpha value is -3.02. The third-order valence-corrected chi connectivity index (χ3v) is 3.58. The number of benzene rings is 2. The minimum atomic E-state index is -0.511. The van der Waals surface area contributed by atoms with E-state index in [4.69, 9.17) is 0 Å². The predicted molar refractivity (Wildman–Crippen MR) is 86.5 cm³/mol. The molecule has 116 valence electrons. The van der Waals surface area contributed by atoms with E-state index >= 15 is 0 Å². The molecule has 0 spiro atoms. The molecule has 0 bridgehead atoms. The maximum atomic E-state index is 12.4. The lowest BCUT2D eigenvalue weighted by Crippen LogP contribution is -2.11. The minimum absolute atomic E-state index is 0.00122. The molecule has 0 heterocycles. The predicted octanol–water partition coefficient (Wildman–Crippen LogP) is 4.55. The lowest BCUT2D eigenvalue weighted by atomic mass is 9.94. The Balaban J connectivity index is 2.37. The molecule has 2 aromatic carbocycles. The highest BCUT2D eigenvalue weighted by Gasteiger charge is 2.22. The van der Waals surface area contributed by atoms with Gasteiger partial charge in [0.2, 0.25) is 0 Å². The smallest absolute Gasteiger partial charge is 0.173 e. The SMILES string of the molecule is Cc1cccc(N=O)c1C(=O)CC(=O)c1c(C)cccc1N=O. The Morgan fingerprint density at radius 2 is 1.17 bits per heavy atom. The summed E-state index contributed by atoms with van der Waals surface area (Å²) < 4.78 is 0. The fraction of sp³-hybridized carbons (Fsp3) is 0.176. The fourth-order valence-corrected chi connectivity index (χ4v) is 2.50. The summed E-state index contributed by atoms with van der Waals surface area (Å²) in [6, 6.07) is 9.39. The summed E-state index contributed by atoms with van der Waals surface area (Å²) in [6.07, 6.45) is -0.458. The number of carbonyl (C=O) groups is 2. The minimum Gasteiger partial charge on any atom is -0.294 e. The summed E-state index contributed by atoms with van der Waals surface area (Å²) in [7, 11) is 0. The van der Waals surface area contributed by atoms with E-state index in [2.05, 4.69) is 10.4 Å². The molecule has 23 heavy (non-hydrogen) atoms. The van der Waals surface area contributed by atoms with E-state index in [1.165, 1.54) is 12.1 Å². The van der Waals surface area contributed by atoms with Gasteiger partial charge in [0.05, 0.1) is 17.5 Å². The zero-order valence-corrected chi connectivity index (χ0v) is 12.7. The molecule has 0 unspecified atom stereocenters. The number of hydrogen-bond acceptors (Lipinski definition) is 6. The van der Waals surface area contributed by atoms with Gasteiger partial charge in [-0.25, -0.2) is 0 Å². The molecule has 0 aliphatic heterocycles. The van der Waals surface area contributed by atoms with Crippen LogP contribution in [-0.4, -0.2) is 11.6 Å². The van der Waals surface area contributed by atoms with Crippen LogP contribution >= 0.6 is 0 Å². The van der Waals surface area contributed by atoms with Crippen LogP contribution in [0, 0.1) is 23.7 Å². The Labute approximate surface area is 132 Å². The monoisotopic (exact) mass is 310 g/mol. The molecule has 6 nitrogen and oxygen atoms in total. The Kier molecular flexibility index (Phi) is 4.85. The van der Waals surface area contributed by atoms with Gasteiger partial charge >= 0.3 is 0 Å². The molecule has 0 aromatic heterocycles. The molecule has 0 atom stereocenters. The van der Waals surface area contributed by atoms with Crippen molar-refractivity contribution in [2.45, 2.75) is 20.3 Å². The van der Waals surface area contributed by atoms with Crippen LogP contribution in [0.3, 0.4) is 0 Å². The zero-order chi connectivity index (χ0) is 17.0. The first kappa shape index (κ1) is 16.4. The van der Waals surface area contributed by atoms with E-state index in [1.807, 2.05) is 0 Å². The van der Waals surface area contributed by atoms with Gasteiger partial charge in [0.15, 0.2) is 11.6 Å². The van der Waals surface area contributed by atoms with Crippen molar-refractivity contribution < 1.29 is 9.59 Å². The van der Waals surface area contributed by atoms with Crippen molar-refractivity contribution in [3.05, 3.63) is 68.5 Å². The highest BCUT2D eigenvalue weighted by molar-refractivity contribution is 6.17. The second kappa shape index (κ2) is 6.83. The van der Waals surface area contributed by atoms with Crippen LogP contribution in [0.4, 0.5) is 11.4 Å². The Morgan fingerprint density at radius 3 is 1.52 bits per heavy atom. The van der Waals surface area contributed by atoms with Gasteiger partial charge in [-0.1, -0.05) is 24.3 Å². The van der Waals surface area contributed by atoms with Gasteiger partial charge in [0.1, 0.15) is 11.4 Å². The van der Waals surface area contributed by atoms with Crippen molar-refractivity contribution in [2.24, 2.45) is 10.4 Å². The lowest BCUT2D eigenvalue weighted by molar-refractivity contribution is 0.0894. The van der Waals surface area contributed by atoms with Crippen LogP contribution in [0.15, 0.2) is 46.8 Å². The first-order chi connectivity index (χ1) is 11.0. The van der Waals surface area contributed by atoms with E-state index in [9.17, 15) is 19.4 Å². The van der Waals surface area contributed by atoms with Crippen molar-refractivity contribution in [1.29, 1.82) is 0 Å². The van der Waals surface area contributed by atoms with Gasteiger partial charge in [-0.2, -0.15) is 0 Å². The highest BCUT2D eigenvalue weighted by Crippen LogP contribution is 2.27. The molecule has 0 aliphatic carbocycles. The molecule has 6 heteroatoms. The second-order valence-corrected chi connectivity index (χ2v) is 5.14. The number of nitrogens with zero attached hydrogens (tertiary/aromatic N) is 2. The van der Waals surface area contributed by atoms with Crippen molar-refractivity contribution in [3.8, 4) is 0 Å². The van der Waals surface area contributed by atoms with E-state index in [-0.39, 0.29) is 22.5 Å². The van der Waals surface area contributed by atoms with Gasteiger partial charge in [0.25, 0.3) is 0 Å². The topological polar surface area (TPSA) is 93.0 Å². The van der Waals surface area contributed by atoms with Gasteiger partial charge < -0.3 is 0 Å². The Bertz CT molecular complexity index is 745. The number of ketones is 2. The van der Waals surface area contributed by atoms with Gasteiger partial charge in [-0.15, -0.1) is 9.81 Å². The van der Waals surface area contributed by atoms with Crippen LogP contribution in [0.25, 0.3) is 0 Å². The Morgan fingerprint density at radius 1 is 0.783 bits per heavy atom. The van der Waals surface area contributed by atoms with E-state index in [0.29, 0.717) is 11.1 Å². The molecule has 0 N–H and O–H groups in total. The van der Waals surface area contributed by atoms with Crippen LogP contribution < -0.4 is 0 Å². The van der Waals surface area contributed by atoms with Crippen LogP contribution in [0.2, 0.25) is 0 Å². The lowest BCUT2D eigenvalue weighted by Gasteiger charge is -2.09. The molecule has 0 saturated heterocycles. The maximum Gasteiger partial charge on any atom is 0.173 e. The third kappa shape index (κ3) is 3.26. The molecule has 0 aliphatic rings. The largest absolute Gasteiger partial charge is 0.294 e. The summed E-state index contributed by atoms with van der Waals surface area (Å²) in [4.78, 5) is 46.5. The molecule has 2 aromatic rings. The van der Waals surface area contributed by atoms with Crippen molar-refractivity contribution in [2.75, 3.05) is 0 Å². The van der Waals surface area contributed by atoms with Gasteiger partial charge in [-0.05, 0) is 47.5 Å². The van der Waals surface area contributed by atoms with Crippen LogP contribution in [0.1, 0.15) is 38.3 Å². The number of nitroso groups, excluding NO2 is 2. The van der Waals surface area contributed by atoms with E-state index in [0.717, 1.165) is 0 Å². The molecule has 2 rings (SSSR count). The highest BCUT2D eigenvalue weighted by atomic mass is 16.3. The molecule has 0 amide bonds. The number of aryl methyl sites for hydroxylation is 2. The summed E-state index contributed by atoms with van der Waals surface area (Å²) in [5.41, 5.74) is 1.40. The van der Waals surface area contributed by atoms with Crippen molar-refractivity contribution in [1.82, 2.24) is 0 Å². The van der Waals surface area contributed by atoms with E-state index in [1.54, 1.807) is 38.1 Å². The summed E-state index contributed by atoms with van der Waals surface area (Å²) in [5.74, 6) is -1.02. The summed E-state index contributed by atoms with van der Waals surface area (Å²) in [6.45, 7) is 3.33. The molecule has 0 radical (unpaired) electrons. The summed E-state index contributed by atoms with van der Waals surface area (Å²) >= 11 is 0. The second-order valence-electron chi connectivity index (χ2n) is 5.14. The van der Waals surface area contributed by atoms with Crippen LogP contribution in [-0.2, 0) is 0 Å². The summed E-state index contributed by atoms with van der Waals surface area (Å²) in [5, 5.41) is 5.67. The van der Waals surface area contributed by atoms with Gasteiger partial charge in [-0.3, -0.25) is 9.59 Å². The number of rotatable bonds is 6. The average molecular weight is 310 g/mol. The van der Waals surface area contributed by atoms with Crippen molar-refractivity contribution in [3.63, 3.8) is 0 Å². The number of hydrogen-bond donors (Lipinski definition) is 0.